The molecule has 2 aromatic rings. The molecular formula is C23H31N3O3. The molecule has 6 heteroatoms. The Morgan fingerprint density at radius 3 is 2.62 bits per heavy atom. The van der Waals surface area contributed by atoms with Gasteiger partial charge in [-0.2, -0.15) is 0 Å². The fourth-order valence-electron chi connectivity index (χ4n) is 3.43. The van der Waals surface area contributed by atoms with Gasteiger partial charge in [-0.25, -0.2) is 0 Å². The van der Waals surface area contributed by atoms with E-state index in [2.05, 4.69) is 39.4 Å². The quantitative estimate of drug-likeness (QED) is 0.675. The Morgan fingerprint density at radius 2 is 1.90 bits per heavy atom. The second kappa shape index (κ2) is 10.4. The molecular weight excluding hydrogens is 366 g/mol. The number of hydrogen-bond acceptors (Lipinski definition) is 5. The van der Waals surface area contributed by atoms with Gasteiger partial charge in [-0.15, -0.1) is 0 Å². The second-order valence-electron chi connectivity index (χ2n) is 7.79. The van der Waals surface area contributed by atoms with Crippen molar-refractivity contribution < 1.29 is 14.6 Å². The number of nitrogens with one attached hydrogen (secondary N) is 1. The van der Waals surface area contributed by atoms with E-state index in [0.29, 0.717) is 18.7 Å². The lowest BCUT2D eigenvalue weighted by Gasteiger charge is -2.30. The highest BCUT2D eigenvalue weighted by Crippen LogP contribution is 2.18. The zero-order valence-electron chi connectivity index (χ0n) is 17.3. The standard InChI is InChI=1S/C23H31N3O3/c1-25(2)13-14-29-22-9-7-19(8-10-22)23(28)24-15-21(27)17-26-12-11-18-5-3-4-6-20(18)16-26/h3-10,21,27H,11-17H2,1-2H3,(H,24,28)/t21-/m0/s1. The number of rotatable bonds is 9. The molecule has 1 aliphatic rings. The van der Waals surface area contributed by atoms with Gasteiger partial charge in [-0.05, 0) is 55.9 Å². The van der Waals surface area contributed by atoms with Crippen LogP contribution in [-0.4, -0.2) is 73.8 Å². The van der Waals surface area contributed by atoms with Gasteiger partial charge < -0.3 is 20.1 Å². The third-order valence-corrected chi connectivity index (χ3v) is 5.10. The fraction of sp³-hybridized carbons (Fsp3) is 0.435. The van der Waals surface area contributed by atoms with Crippen LogP contribution in [0.4, 0.5) is 0 Å². The first-order valence-electron chi connectivity index (χ1n) is 10.1. The van der Waals surface area contributed by atoms with Crippen LogP contribution < -0.4 is 10.1 Å². The summed E-state index contributed by atoms with van der Waals surface area (Å²) in [7, 11) is 3.99. The molecule has 0 aromatic heterocycles. The van der Waals surface area contributed by atoms with Crippen LogP contribution in [0.2, 0.25) is 0 Å². The first kappa shape index (κ1) is 21.3. The van der Waals surface area contributed by atoms with E-state index < -0.39 is 6.10 Å². The topological polar surface area (TPSA) is 65.0 Å². The Bertz CT molecular complexity index is 792. The first-order valence-corrected chi connectivity index (χ1v) is 10.1. The lowest BCUT2D eigenvalue weighted by Crippen LogP contribution is -2.42. The van der Waals surface area contributed by atoms with Crippen molar-refractivity contribution in [1.82, 2.24) is 15.1 Å². The number of aliphatic hydroxyl groups excluding tert-OH is 1. The van der Waals surface area contributed by atoms with Gasteiger partial charge in [0.25, 0.3) is 5.91 Å². The van der Waals surface area contributed by atoms with Crippen molar-refractivity contribution in [2.45, 2.75) is 19.1 Å². The van der Waals surface area contributed by atoms with Crippen LogP contribution >= 0.6 is 0 Å². The van der Waals surface area contributed by atoms with Crippen molar-refractivity contribution in [3.05, 3.63) is 65.2 Å². The maximum atomic E-state index is 12.3. The van der Waals surface area contributed by atoms with Crippen LogP contribution in [0.5, 0.6) is 5.75 Å². The fourth-order valence-corrected chi connectivity index (χ4v) is 3.43. The largest absolute Gasteiger partial charge is 0.492 e. The lowest BCUT2D eigenvalue weighted by atomic mass is 10.00. The summed E-state index contributed by atoms with van der Waals surface area (Å²) >= 11 is 0. The van der Waals surface area contributed by atoms with Crippen molar-refractivity contribution in [3.8, 4) is 5.75 Å². The summed E-state index contributed by atoms with van der Waals surface area (Å²) in [5.74, 6) is 0.557. The van der Waals surface area contributed by atoms with Crippen LogP contribution in [-0.2, 0) is 13.0 Å². The summed E-state index contributed by atoms with van der Waals surface area (Å²) in [6, 6.07) is 15.5. The van der Waals surface area contributed by atoms with Crippen molar-refractivity contribution in [1.29, 1.82) is 0 Å². The van der Waals surface area contributed by atoms with Crippen LogP contribution in [0.25, 0.3) is 0 Å². The van der Waals surface area contributed by atoms with E-state index in [1.165, 1.54) is 11.1 Å². The number of hydrogen-bond donors (Lipinski definition) is 2. The zero-order valence-corrected chi connectivity index (χ0v) is 17.3. The van der Waals surface area contributed by atoms with E-state index in [0.717, 1.165) is 31.8 Å². The van der Waals surface area contributed by atoms with Crippen LogP contribution in [0.15, 0.2) is 48.5 Å². The minimum atomic E-state index is -0.599. The Balaban J connectivity index is 1.41. The van der Waals surface area contributed by atoms with Gasteiger partial charge in [-0.3, -0.25) is 9.69 Å². The predicted molar refractivity (Wildman–Crippen MR) is 114 cm³/mol. The number of carbonyl (C=O) groups is 1. The van der Waals surface area contributed by atoms with E-state index in [4.69, 9.17) is 4.74 Å². The van der Waals surface area contributed by atoms with Crippen molar-refractivity contribution in [2.24, 2.45) is 0 Å². The van der Waals surface area contributed by atoms with Crippen molar-refractivity contribution in [3.63, 3.8) is 0 Å². The summed E-state index contributed by atoms with van der Waals surface area (Å²) in [5, 5.41) is 13.2. The minimum Gasteiger partial charge on any atom is -0.492 e. The average molecular weight is 398 g/mol. The Morgan fingerprint density at radius 1 is 1.17 bits per heavy atom. The minimum absolute atomic E-state index is 0.187. The number of likely N-dealkylation sites (N-methyl/N-ethyl adjacent to an activating group) is 1. The maximum Gasteiger partial charge on any atom is 0.251 e. The van der Waals surface area contributed by atoms with Gasteiger partial charge in [0.15, 0.2) is 0 Å². The van der Waals surface area contributed by atoms with E-state index in [1.54, 1.807) is 24.3 Å². The molecule has 3 rings (SSSR count). The summed E-state index contributed by atoms with van der Waals surface area (Å²) in [6.07, 6.45) is 0.399. The summed E-state index contributed by atoms with van der Waals surface area (Å²) in [6.45, 7) is 3.99. The molecule has 0 aliphatic carbocycles. The third-order valence-electron chi connectivity index (χ3n) is 5.10. The van der Waals surface area contributed by atoms with Gasteiger partial charge in [-0.1, -0.05) is 24.3 Å². The molecule has 0 unspecified atom stereocenters. The molecule has 0 saturated heterocycles. The molecule has 1 atom stereocenters. The number of ether oxygens (including phenoxy) is 1. The average Bonchev–Trinajstić information content (AvgIpc) is 2.72. The summed E-state index contributed by atoms with van der Waals surface area (Å²) in [4.78, 5) is 16.6. The second-order valence-corrected chi connectivity index (χ2v) is 7.79. The Labute approximate surface area is 173 Å². The van der Waals surface area contributed by atoms with Gasteiger partial charge in [0.05, 0.1) is 6.10 Å². The van der Waals surface area contributed by atoms with Crippen LogP contribution in [0, 0.1) is 0 Å². The number of fused-ring (bicyclic) bond motifs is 1. The van der Waals surface area contributed by atoms with Gasteiger partial charge in [0.1, 0.15) is 12.4 Å². The number of carbonyl (C=O) groups excluding carboxylic acids is 1. The summed E-state index contributed by atoms with van der Waals surface area (Å²) < 4.78 is 5.64. The van der Waals surface area contributed by atoms with E-state index >= 15 is 0 Å². The molecule has 156 valence electrons. The molecule has 0 saturated carbocycles. The molecule has 0 spiro atoms. The number of benzene rings is 2. The van der Waals surface area contributed by atoms with Crippen molar-refractivity contribution >= 4 is 5.91 Å². The van der Waals surface area contributed by atoms with E-state index in [9.17, 15) is 9.90 Å². The van der Waals surface area contributed by atoms with Gasteiger partial charge in [0, 0.05) is 38.3 Å². The maximum absolute atomic E-state index is 12.3. The normalized spacial score (nSPS) is 15.0. The van der Waals surface area contributed by atoms with Gasteiger partial charge >= 0.3 is 0 Å². The number of β-amino-alcohol motifs (C(OH)–C–C–N with tert-alkyl or cyclic N) is 1. The van der Waals surface area contributed by atoms with E-state index in [1.807, 2.05) is 14.1 Å². The smallest absolute Gasteiger partial charge is 0.251 e. The molecule has 1 heterocycles. The molecule has 1 aliphatic heterocycles. The van der Waals surface area contributed by atoms with Crippen LogP contribution in [0.3, 0.4) is 0 Å². The van der Waals surface area contributed by atoms with Gasteiger partial charge in [0.2, 0.25) is 0 Å². The van der Waals surface area contributed by atoms with E-state index in [-0.39, 0.29) is 12.5 Å². The molecule has 0 fully saturated rings. The predicted octanol–water partition coefficient (Wildman–Crippen LogP) is 1.78. The molecule has 2 N–H and O–H groups in total. The highest BCUT2D eigenvalue weighted by Gasteiger charge is 2.19. The first-order chi connectivity index (χ1) is 14.0. The SMILES string of the molecule is CN(C)CCOc1ccc(C(=O)NC[C@H](O)CN2CCc3ccccc3C2)cc1. The Kier molecular flexibility index (Phi) is 7.63. The zero-order chi connectivity index (χ0) is 20.6. The molecule has 6 nitrogen and oxygen atoms in total. The lowest BCUT2D eigenvalue weighted by molar-refractivity contribution is 0.0842. The number of nitrogens with zero attached hydrogens (tertiary/aromatic N) is 2. The monoisotopic (exact) mass is 397 g/mol. The van der Waals surface area contributed by atoms with Crippen molar-refractivity contribution in [2.75, 3.05) is 46.9 Å². The highest BCUT2D eigenvalue weighted by atomic mass is 16.5. The molecule has 2 aromatic carbocycles. The summed E-state index contributed by atoms with van der Waals surface area (Å²) in [5.41, 5.74) is 3.27. The molecule has 1 amide bonds. The number of amides is 1. The third kappa shape index (κ3) is 6.56. The number of aliphatic hydroxyl groups is 1. The molecule has 29 heavy (non-hydrogen) atoms. The van der Waals surface area contributed by atoms with Crippen LogP contribution in [0.1, 0.15) is 21.5 Å². The Hall–Kier alpha value is -2.41. The molecule has 0 bridgehead atoms. The highest BCUT2D eigenvalue weighted by molar-refractivity contribution is 5.94. The molecule has 0 radical (unpaired) electrons.